The summed E-state index contributed by atoms with van der Waals surface area (Å²) < 4.78 is 26.3. The van der Waals surface area contributed by atoms with Crippen LogP contribution in [0.15, 0.2) is 23.1 Å². The number of nitrogen functional groups attached to an aromatic ring is 1. The molecule has 21 heavy (non-hydrogen) atoms. The summed E-state index contributed by atoms with van der Waals surface area (Å²) in [5, 5.41) is 20.0. The lowest BCUT2D eigenvalue weighted by Gasteiger charge is -2.30. The molecule has 1 heterocycles. The number of piperidine rings is 1. The van der Waals surface area contributed by atoms with Crippen molar-refractivity contribution < 1.29 is 18.4 Å². The minimum Gasteiger partial charge on any atom is -0.396 e. The average molecular weight is 315 g/mol. The summed E-state index contributed by atoms with van der Waals surface area (Å²) >= 11 is 0. The number of rotatable bonds is 4. The standard InChI is InChI=1S/C12H17N3O5S/c13-11-4-3-10(6-12(11)15(17)18)21(19,20)14-5-1-2-9(7-14)8-16/h3-4,6,9,16H,1-2,5,7-8,13H2. The van der Waals surface area contributed by atoms with E-state index in [1.54, 1.807) is 0 Å². The molecule has 0 spiro atoms. The molecule has 8 nitrogen and oxygen atoms in total. The van der Waals surface area contributed by atoms with Gasteiger partial charge in [0.2, 0.25) is 10.0 Å². The second-order valence-corrected chi connectivity index (χ2v) is 6.97. The summed E-state index contributed by atoms with van der Waals surface area (Å²) in [5.41, 5.74) is 4.97. The van der Waals surface area contributed by atoms with Crippen LogP contribution < -0.4 is 5.73 Å². The number of nitro groups is 1. The lowest BCUT2D eigenvalue weighted by Crippen LogP contribution is -2.40. The van der Waals surface area contributed by atoms with Gasteiger partial charge in [-0.2, -0.15) is 4.31 Å². The lowest BCUT2D eigenvalue weighted by molar-refractivity contribution is -0.384. The zero-order chi connectivity index (χ0) is 15.6. The van der Waals surface area contributed by atoms with Gasteiger partial charge in [-0.15, -0.1) is 0 Å². The molecule has 0 bridgehead atoms. The van der Waals surface area contributed by atoms with Crippen LogP contribution in [-0.4, -0.2) is 42.4 Å². The molecule has 1 fully saturated rings. The summed E-state index contributed by atoms with van der Waals surface area (Å²) in [4.78, 5) is 10.0. The van der Waals surface area contributed by atoms with Crippen LogP contribution in [0.2, 0.25) is 0 Å². The molecule has 0 saturated carbocycles. The van der Waals surface area contributed by atoms with Crippen LogP contribution in [0, 0.1) is 16.0 Å². The Balaban J connectivity index is 2.35. The van der Waals surface area contributed by atoms with Crippen molar-refractivity contribution in [3.63, 3.8) is 0 Å². The van der Waals surface area contributed by atoms with E-state index in [2.05, 4.69) is 0 Å². The van der Waals surface area contributed by atoms with Gasteiger partial charge in [-0.25, -0.2) is 8.42 Å². The van der Waals surface area contributed by atoms with Gasteiger partial charge in [-0.05, 0) is 30.9 Å². The van der Waals surface area contributed by atoms with E-state index < -0.39 is 20.6 Å². The molecule has 1 atom stereocenters. The number of sulfonamides is 1. The maximum atomic E-state index is 12.5. The smallest absolute Gasteiger partial charge is 0.293 e. The Bertz CT molecular complexity index is 646. The Morgan fingerprint density at radius 3 is 2.81 bits per heavy atom. The Morgan fingerprint density at radius 2 is 2.19 bits per heavy atom. The molecule has 116 valence electrons. The van der Waals surface area contributed by atoms with Crippen LogP contribution in [0.1, 0.15) is 12.8 Å². The predicted molar refractivity (Wildman–Crippen MR) is 76.1 cm³/mol. The summed E-state index contributed by atoms with van der Waals surface area (Å²) in [7, 11) is -3.82. The SMILES string of the molecule is Nc1ccc(S(=O)(=O)N2CCCC(CO)C2)cc1[N+](=O)[O-]. The van der Waals surface area contributed by atoms with Crippen molar-refractivity contribution >= 4 is 21.4 Å². The van der Waals surface area contributed by atoms with E-state index in [4.69, 9.17) is 5.73 Å². The number of nitro benzene ring substituents is 1. The number of benzene rings is 1. The summed E-state index contributed by atoms with van der Waals surface area (Å²) in [6.45, 7) is 0.488. The minimum absolute atomic E-state index is 0.0755. The van der Waals surface area contributed by atoms with Crippen molar-refractivity contribution in [3.05, 3.63) is 28.3 Å². The first-order chi connectivity index (χ1) is 9.86. The quantitative estimate of drug-likeness (QED) is 0.475. The van der Waals surface area contributed by atoms with Crippen LogP contribution in [-0.2, 0) is 10.0 Å². The Labute approximate surface area is 122 Å². The molecule has 1 aliphatic rings. The molecular weight excluding hydrogens is 298 g/mol. The highest BCUT2D eigenvalue weighted by molar-refractivity contribution is 7.89. The fraction of sp³-hybridized carbons (Fsp3) is 0.500. The van der Waals surface area contributed by atoms with E-state index in [1.165, 1.54) is 16.4 Å². The second kappa shape index (κ2) is 5.96. The van der Waals surface area contributed by atoms with Crippen LogP contribution in [0.5, 0.6) is 0 Å². The molecule has 1 saturated heterocycles. The molecule has 0 aliphatic carbocycles. The van der Waals surface area contributed by atoms with Gasteiger partial charge >= 0.3 is 0 Å². The zero-order valence-corrected chi connectivity index (χ0v) is 12.1. The van der Waals surface area contributed by atoms with Crippen molar-refractivity contribution in [1.29, 1.82) is 0 Å². The van der Waals surface area contributed by atoms with Crippen molar-refractivity contribution in [2.24, 2.45) is 5.92 Å². The molecule has 1 unspecified atom stereocenters. The van der Waals surface area contributed by atoms with Gasteiger partial charge in [0, 0.05) is 25.8 Å². The first-order valence-corrected chi connectivity index (χ1v) is 7.95. The van der Waals surface area contributed by atoms with E-state index in [9.17, 15) is 23.6 Å². The molecule has 1 aliphatic heterocycles. The molecule has 0 aromatic heterocycles. The van der Waals surface area contributed by atoms with E-state index in [1.807, 2.05) is 0 Å². The molecule has 1 aromatic rings. The van der Waals surface area contributed by atoms with Crippen molar-refractivity contribution in [2.45, 2.75) is 17.7 Å². The van der Waals surface area contributed by atoms with Crippen molar-refractivity contribution in [2.75, 3.05) is 25.4 Å². The Hall–Kier alpha value is -1.71. The van der Waals surface area contributed by atoms with Gasteiger partial charge in [0.05, 0.1) is 9.82 Å². The number of hydrogen-bond acceptors (Lipinski definition) is 6. The van der Waals surface area contributed by atoms with Gasteiger partial charge in [-0.3, -0.25) is 10.1 Å². The number of anilines is 1. The monoisotopic (exact) mass is 315 g/mol. The number of hydrogen-bond donors (Lipinski definition) is 2. The molecule has 3 N–H and O–H groups in total. The summed E-state index contributed by atoms with van der Waals surface area (Å²) in [5.74, 6) is -0.0997. The minimum atomic E-state index is -3.82. The number of aliphatic hydroxyl groups is 1. The fourth-order valence-corrected chi connectivity index (χ4v) is 3.96. The van der Waals surface area contributed by atoms with E-state index in [-0.39, 0.29) is 29.7 Å². The Morgan fingerprint density at radius 1 is 1.48 bits per heavy atom. The van der Waals surface area contributed by atoms with Crippen LogP contribution in [0.25, 0.3) is 0 Å². The largest absolute Gasteiger partial charge is 0.396 e. The van der Waals surface area contributed by atoms with E-state index >= 15 is 0 Å². The third-order valence-electron chi connectivity index (χ3n) is 3.58. The van der Waals surface area contributed by atoms with Crippen molar-refractivity contribution in [1.82, 2.24) is 4.31 Å². The average Bonchev–Trinajstić information content (AvgIpc) is 2.47. The molecular formula is C12H17N3O5S. The van der Waals surface area contributed by atoms with Gasteiger partial charge < -0.3 is 10.8 Å². The Kier molecular flexibility index (Phi) is 4.45. The maximum absolute atomic E-state index is 12.5. The fourth-order valence-electron chi connectivity index (χ4n) is 2.39. The third kappa shape index (κ3) is 3.14. The van der Waals surface area contributed by atoms with Crippen molar-refractivity contribution in [3.8, 4) is 0 Å². The van der Waals surface area contributed by atoms with Gasteiger partial charge in [0.25, 0.3) is 5.69 Å². The zero-order valence-electron chi connectivity index (χ0n) is 11.3. The first-order valence-electron chi connectivity index (χ1n) is 6.51. The van der Waals surface area contributed by atoms with Crippen LogP contribution in [0.4, 0.5) is 11.4 Å². The van der Waals surface area contributed by atoms with E-state index in [0.717, 1.165) is 12.5 Å². The van der Waals surface area contributed by atoms with Crippen LogP contribution >= 0.6 is 0 Å². The number of nitrogens with two attached hydrogens (primary N) is 1. The highest BCUT2D eigenvalue weighted by Gasteiger charge is 2.31. The number of aliphatic hydroxyl groups excluding tert-OH is 1. The first kappa shape index (κ1) is 15.7. The van der Waals surface area contributed by atoms with E-state index in [0.29, 0.717) is 13.0 Å². The molecule has 9 heteroatoms. The summed E-state index contributed by atoms with van der Waals surface area (Å²) in [6, 6.07) is 3.46. The molecule has 0 radical (unpaired) electrons. The highest BCUT2D eigenvalue weighted by atomic mass is 32.2. The van der Waals surface area contributed by atoms with Crippen LogP contribution in [0.3, 0.4) is 0 Å². The number of nitrogens with zero attached hydrogens (tertiary/aromatic N) is 2. The summed E-state index contributed by atoms with van der Waals surface area (Å²) in [6.07, 6.45) is 1.42. The lowest BCUT2D eigenvalue weighted by atomic mass is 10.0. The highest BCUT2D eigenvalue weighted by Crippen LogP contribution is 2.28. The molecule has 0 amide bonds. The second-order valence-electron chi connectivity index (χ2n) is 5.03. The molecule has 2 rings (SSSR count). The van der Waals surface area contributed by atoms with Gasteiger partial charge in [0.15, 0.2) is 0 Å². The van der Waals surface area contributed by atoms with Gasteiger partial charge in [0.1, 0.15) is 5.69 Å². The maximum Gasteiger partial charge on any atom is 0.293 e. The topological polar surface area (TPSA) is 127 Å². The van der Waals surface area contributed by atoms with Gasteiger partial charge in [-0.1, -0.05) is 0 Å². The molecule has 1 aromatic carbocycles. The predicted octanol–water partition coefficient (Wildman–Crippen LogP) is 0.570. The normalized spacial score (nSPS) is 20.3. The third-order valence-corrected chi connectivity index (χ3v) is 5.44.